The zero-order valence-electron chi connectivity index (χ0n) is 12.5. The van der Waals surface area contributed by atoms with Crippen molar-refractivity contribution in [1.29, 1.82) is 0 Å². The molecule has 8 nitrogen and oxygen atoms in total. The first-order valence-corrected chi connectivity index (χ1v) is 7.43. The quantitative estimate of drug-likeness (QED) is 0.686. The molecule has 0 bridgehead atoms. The molecule has 0 unspecified atom stereocenters. The minimum atomic E-state index is -0.360. The molecule has 122 valence electrons. The Kier molecular flexibility index (Phi) is 4.92. The van der Waals surface area contributed by atoms with Crippen molar-refractivity contribution in [1.82, 2.24) is 19.7 Å². The van der Waals surface area contributed by atoms with Crippen LogP contribution >= 0.6 is 12.2 Å². The fourth-order valence-corrected chi connectivity index (χ4v) is 2.03. The van der Waals surface area contributed by atoms with Crippen molar-refractivity contribution < 1.29 is 13.9 Å². The van der Waals surface area contributed by atoms with Gasteiger partial charge in [-0.2, -0.15) is 0 Å². The number of aromatic nitrogens is 4. The topological polar surface area (TPSA) is 95.1 Å². The molecule has 0 saturated heterocycles. The van der Waals surface area contributed by atoms with Gasteiger partial charge in [0.1, 0.15) is 12.3 Å². The zero-order valence-corrected chi connectivity index (χ0v) is 13.3. The summed E-state index contributed by atoms with van der Waals surface area (Å²) in [5.74, 6) is 0.825. The molecular weight excluding hydrogens is 330 g/mol. The molecule has 0 saturated carbocycles. The number of rotatable bonds is 6. The summed E-state index contributed by atoms with van der Waals surface area (Å²) in [5.41, 5.74) is 0. The minimum absolute atomic E-state index is 0.0887. The van der Waals surface area contributed by atoms with Crippen LogP contribution in [-0.4, -0.2) is 25.7 Å². The Morgan fingerprint density at radius 3 is 2.71 bits per heavy atom. The summed E-state index contributed by atoms with van der Waals surface area (Å²) in [6.45, 7) is 0.00991. The molecule has 2 aromatic heterocycles. The molecule has 0 aliphatic carbocycles. The largest absolute Gasteiger partial charge is 0.484 e. The number of carbonyl (C=O) groups excluding carboxylic acids is 1. The third-order valence-corrected chi connectivity index (χ3v) is 3.16. The van der Waals surface area contributed by atoms with E-state index in [1.54, 1.807) is 6.07 Å². The van der Waals surface area contributed by atoms with Crippen LogP contribution in [0.2, 0.25) is 0 Å². The van der Waals surface area contributed by atoms with Gasteiger partial charge in [-0.3, -0.25) is 10.1 Å². The molecule has 9 heteroatoms. The first kappa shape index (κ1) is 15.8. The molecule has 2 heterocycles. The van der Waals surface area contributed by atoms with E-state index in [1.807, 2.05) is 30.3 Å². The monoisotopic (exact) mass is 343 g/mol. The SMILES string of the molecule is O=C(Cn1nc(COc2ccccc2)oc1=S)Nc1ncccn1. The predicted octanol–water partition coefficient (Wildman–Crippen LogP) is 2.21. The van der Waals surface area contributed by atoms with Gasteiger partial charge in [0.15, 0.2) is 6.61 Å². The standard InChI is InChI=1S/C15H13N5O3S/c21-12(18-14-16-7-4-8-17-14)9-20-15(24)23-13(19-20)10-22-11-5-2-1-3-6-11/h1-8H,9-10H2,(H,16,17,18,21). The van der Waals surface area contributed by atoms with Crippen LogP contribution in [-0.2, 0) is 17.9 Å². The van der Waals surface area contributed by atoms with E-state index >= 15 is 0 Å². The number of amides is 1. The highest BCUT2D eigenvalue weighted by atomic mass is 32.1. The molecule has 0 fully saturated rings. The van der Waals surface area contributed by atoms with Gasteiger partial charge in [0.05, 0.1) is 0 Å². The average molecular weight is 343 g/mol. The van der Waals surface area contributed by atoms with E-state index in [9.17, 15) is 4.79 Å². The second kappa shape index (κ2) is 7.47. The fourth-order valence-electron chi connectivity index (χ4n) is 1.83. The number of benzene rings is 1. The van der Waals surface area contributed by atoms with Crippen molar-refractivity contribution >= 4 is 24.1 Å². The van der Waals surface area contributed by atoms with Gasteiger partial charge in [-0.05, 0) is 30.4 Å². The van der Waals surface area contributed by atoms with Crippen LogP contribution in [0, 0.1) is 4.84 Å². The molecule has 3 rings (SSSR count). The van der Waals surface area contributed by atoms with Gasteiger partial charge in [-0.1, -0.05) is 18.2 Å². The highest BCUT2D eigenvalue weighted by Gasteiger charge is 2.11. The van der Waals surface area contributed by atoms with E-state index in [1.165, 1.54) is 17.1 Å². The molecule has 1 aromatic carbocycles. The van der Waals surface area contributed by atoms with Crippen LogP contribution in [0.1, 0.15) is 5.89 Å². The minimum Gasteiger partial charge on any atom is -0.484 e. The fraction of sp³-hybridized carbons (Fsp3) is 0.133. The summed E-state index contributed by atoms with van der Waals surface area (Å²) in [4.78, 5) is 19.9. The maximum absolute atomic E-state index is 12.0. The Morgan fingerprint density at radius 1 is 1.21 bits per heavy atom. The van der Waals surface area contributed by atoms with Crippen LogP contribution in [0.4, 0.5) is 5.95 Å². The average Bonchev–Trinajstić information content (AvgIpc) is 2.94. The lowest BCUT2D eigenvalue weighted by Crippen LogP contribution is -2.21. The Hall–Kier alpha value is -3.07. The van der Waals surface area contributed by atoms with Crippen molar-refractivity contribution in [2.24, 2.45) is 0 Å². The Morgan fingerprint density at radius 2 is 1.96 bits per heavy atom. The predicted molar refractivity (Wildman–Crippen MR) is 86.8 cm³/mol. The van der Waals surface area contributed by atoms with Crippen molar-refractivity contribution in [2.75, 3.05) is 5.32 Å². The van der Waals surface area contributed by atoms with E-state index in [0.717, 1.165) is 0 Å². The maximum atomic E-state index is 12.0. The summed E-state index contributed by atoms with van der Waals surface area (Å²) in [6, 6.07) is 10.9. The lowest BCUT2D eigenvalue weighted by molar-refractivity contribution is -0.117. The number of nitrogens with one attached hydrogen (secondary N) is 1. The van der Waals surface area contributed by atoms with Gasteiger partial charge in [0.2, 0.25) is 11.9 Å². The summed E-state index contributed by atoms with van der Waals surface area (Å²) >= 11 is 5.05. The number of anilines is 1. The van der Waals surface area contributed by atoms with Crippen molar-refractivity contribution in [2.45, 2.75) is 13.2 Å². The summed E-state index contributed by atoms with van der Waals surface area (Å²) in [5, 5.41) is 6.67. The van der Waals surface area contributed by atoms with Crippen LogP contribution in [0.15, 0.2) is 53.2 Å². The van der Waals surface area contributed by atoms with E-state index in [4.69, 9.17) is 21.4 Å². The molecule has 0 radical (unpaired) electrons. The van der Waals surface area contributed by atoms with Crippen molar-refractivity contribution in [3.05, 3.63) is 59.5 Å². The van der Waals surface area contributed by atoms with Crippen molar-refractivity contribution in [3.8, 4) is 5.75 Å². The Bertz CT molecular complexity index is 864. The first-order chi connectivity index (χ1) is 11.7. The molecule has 0 spiro atoms. The number of nitrogens with zero attached hydrogens (tertiary/aromatic N) is 4. The normalized spacial score (nSPS) is 10.3. The van der Waals surface area contributed by atoms with Crippen LogP contribution in [0.5, 0.6) is 5.75 Å². The van der Waals surface area contributed by atoms with Crippen LogP contribution < -0.4 is 10.1 Å². The third-order valence-electron chi connectivity index (χ3n) is 2.86. The Labute approximate surface area is 142 Å². The molecule has 1 amide bonds. The second-order valence-electron chi connectivity index (χ2n) is 4.64. The van der Waals surface area contributed by atoms with Crippen molar-refractivity contribution in [3.63, 3.8) is 0 Å². The third kappa shape index (κ3) is 4.23. The van der Waals surface area contributed by atoms with Crippen LogP contribution in [0.3, 0.4) is 0 Å². The smallest absolute Gasteiger partial charge is 0.287 e. The number of ether oxygens (including phenoxy) is 1. The van der Waals surface area contributed by atoms with Crippen LogP contribution in [0.25, 0.3) is 0 Å². The number of para-hydroxylation sites is 1. The summed E-state index contributed by atoms with van der Waals surface area (Å²) < 4.78 is 12.1. The molecule has 0 aliphatic heterocycles. The van der Waals surface area contributed by atoms with Gasteiger partial charge in [0, 0.05) is 12.4 Å². The van der Waals surface area contributed by atoms with E-state index in [0.29, 0.717) is 5.75 Å². The highest BCUT2D eigenvalue weighted by Crippen LogP contribution is 2.11. The van der Waals surface area contributed by atoms with E-state index < -0.39 is 0 Å². The van der Waals surface area contributed by atoms with E-state index in [2.05, 4.69) is 20.4 Å². The molecule has 0 atom stereocenters. The number of carbonyl (C=O) groups is 1. The van der Waals surface area contributed by atoms with Gasteiger partial charge < -0.3 is 9.15 Å². The molecular formula is C15H13N5O3S. The highest BCUT2D eigenvalue weighted by molar-refractivity contribution is 7.71. The van der Waals surface area contributed by atoms with Gasteiger partial charge >= 0.3 is 0 Å². The number of hydrogen-bond donors (Lipinski definition) is 1. The Balaban J connectivity index is 1.59. The summed E-state index contributed by atoms with van der Waals surface area (Å²) in [6.07, 6.45) is 3.06. The van der Waals surface area contributed by atoms with E-state index in [-0.39, 0.29) is 35.7 Å². The zero-order chi connectivity index (χ0) is 16.8. The number of hydrogen-bond acceptors (Lipinski definition) is 7. The molecule has 0 aliphatic rings. The lowest BCUT2D eigenvalue weighted by atomic mass is 10.3. The lowest BCUT2D eigenvalue weighted by Gasteiger charge is -2.02. The van der Waals surface area contributed by atoms with Gasteiger partial charge in [-0.25, -0.2) is 14.6 Å². The molecule has 3 aromatic rings. The first-order valence-electron chi connectivity index (χ1n) is 7.02. The second-order valence-corrected chi connectivity index (χ2v) is 4.99. The molecule has 24 heavy (non-hydrogen) atoms. The van der Waals surface area contributed by atoms with Gasteiger partial charge in [-0.15, -0.1) is 5.10 Å². The molecule has 1 N–H and O–H groups in total. The maximum Gasteiger partial charge on any atom is 0.287 e. The summed E-state index contributed by atoms with van der Waals surface area (Å²) in [7, 11) is 0. The van der Waals surface area contributed by atoms with Gasteiger partial charge in [0.25, 0.3) is 10.7 Å².